The summed E-state index contributed by atoms with van der Waals surface area (Å²) in [7, 11) is -1.15. The van der Waals surface area contributed by atoms with Gasteiger partial charge in [-0.15, -0.1) is 0 Å². The largest absolute Gasteiger partial charge is 3.00 e. The molecule has 0 unspecified atom stereocenters. The predicted octanol–water partition coefficient (Wildman–Crippen LogP) is -0.131. The Labute approximate surface area is 471 Å². The Kier molecular flexibility index (Phi) is 26.7. The van der Waals surface area contributed by atoms with Crippen molar-refractivity contribution >= 4 is 67.6 Å². The second-order valence-corrected chi connectivity index (χ2v) is 18.8. The summed E-state index contributed by atoms with van der Waals surface area (Å²) in [5.41, 5.74) is 1.10. The van der Waals surface area contributed by atoms with Crippen LogP contribution in [0.25, 0.3) is 21.9 Å². The zero-order valence-electron chi connectivity index (χ0n) is 42.5. The molecule has 23 nitrogen and oxygen atoms in total. The van der Waals surface area contributed by atoms with E-state index in [1.807, 2.05) is 19.6 Å². The molecular weight excluding hydrogens is 1120 g/mol. The van der Waals surface area contributed by atoms with Crippen LogP contribution in [0.2, 0.25) is 0 Å². The fourth-order valence-corrected chi connectivity index (χ4v) is 8.82. The van der Waals surface area contributed by atoms with Gasteiger partial charge < -0.3 is 44.8 Å². The molecule has 404 valence electrons. The van der Waals surface area contributed by atoms with Crippen LogP contribution >= 0.6 is 0 Å². The molecule has 0 radical (unpaired) electrons. The molecule has 5 rings (SSSR count). The van der Waals surface area contributed by atoms with Crippen LogP contribution in [0.15, 0.2) is 74.8 Å². The van der Waals surface area contributed by atoms with Crippen molar-refractivity contribution in [3.63, 3.8) is 0 Å². The first-order valence-corrected chi connectivity index (χ1v) is 25.2. The van der Waals surface area contributed by atoms with E-state index in [-0.39, 0.29) is 140 Å². The average molecular weight is 1190 g/mol. The van der Waals surface area contributed by atoms with Crippen LogP contribution in [0.1, 0.15) is 43.6 Å². The first kappa shape index (κ1) is 63.3. The van der Waals surface area contributed by atoms with E-state index in [1.165, 1.54) is 58.4 Å². The summed E-state index contributed by atoms with van der Waals surface area (Å²) in [6, 6.07) is 13.6. The smallest absolute Gasteiger partial charge is 0.497 e. The number of hydrogen-bond acceptors (Lipinski definition) is 18. The Morgan fingerprint density at radius 2 is 1.18 bits per heavy atom. The second-order valence-electron chi connectivity index (χ2n) is 17.1. The molecular formula is C49H68EuN8O15S+3. The Bertz CT molecular complexity index is 2660. The number of esters is 3. The van der Waals surface area contributed by atoms with Crippen LogP contribution in [-0.4, -0.2) is 194 Å². The van der Waals surface area contributed by atoms with E-state index >= 15 is 0 Å². The topological polar surface area (TPSA) is 296 Å². The minimum absolute atomic E-state index is 0. The molecule has 0 bridgehead atoms. The molecule has 2 atom stereocenters. The number of nitrogens with zero attached hydrogens (tertiary/aromatic N) is 4. The molecule has 25 heteroatoms. The van der Waals surface area contributed by atoms with Gasteiger partial charge in [-0.1, -0.05) is 6.07 Å². The normalized spacial score (nSPS) is 15.2. The summed E-state index contributed by atoms with van der Waals surface area (Å²) in [6.45, 7) is 9.35. The van der Waals surface area contributed by atoms with Crippen LogP contribution in [0.3, 0.4) is 0 Å². The predicted molar refractivity (Wildman–Crippen MR) is 269 cm³/mol. The third-order valence-electron chi connectivity index (χ3n) is 11.8. The molecule has 3 amide bonds. The molecule has 1 aromatic heterocycles. The summed E-state index contributed by atoms with van der Waals surface area (Å²) in [6.07, 6.45) is 0. The van der Waals surface area contributed by atoms with E-state index in [9.17, 15) is 42.0 Å². The Hall–Kier alpha value is -4.96. The Morgan fingerprint density at radius 3 is 1.68 bits per heavy atom. The summed E-state index contributed by atoms with van der Waals surface area (Å²) in [5.74, 6) is -2.42. The van der Waals surface area contributed by atoms with Gasteiger partial charge in [0, 0.05) is 72.0 Å². The van der Waals surface area contributed by atoms with Crippen molar-refractivity contribution in [3.8, 4) is 5.75 Å². The van der Waals surface area contributed by atoms with Gasteiger partial charge in [0.05, 0.1) is 68.3 Å². The van der Waals surface area contributed by atoms with Crippen molar-refractivity contribution in [3.05, 3.63) is 82.0 Å². The molecule has 0 aliphatic carbocycles. The van der Waals surface area contributed by atoms with Crippen molar-refractivity contribution in [2.24, 2.45) is 0 Å². The van der Waals surface area contributed by atoms with Crippen molar-refractivity contribution in [1.29, 1.82) is 0 Å². The van der Waals surface area contributed by atoms with Crippen LogP contribution in [0.5, 0.6) is 5.75 Å². The summed E-state index contributed by atoms with van der Waals surface area (Å²) < 4.78 is 55.3. The van der Waals surface area contributed by atoms with Crippen LogP contribution in [-0.2, 0) is 54.8 Å². The number of amides is 3. The number of nitrogens with one attached hydrogen (secondary N) is 4. The molecule has 0 saturated carbocycles. The molecule has 3 aromatic carbocycles. The summed E-state index contributed by atoms with van der Waals surface area (Å²) in [4.78, 5) is 98.5. The molecule has 1 saturated heterocycles. The molecule has 0 spiro atoms. The Morgan fingerprint density at radius 1 is 0.662 bits per heavy atom. The first-order valence-electron chi connectivity index (χ1n) is 23.7. The number of hydrogen-bond donors (Lipinski definition) is 4. The summed E-state index contributed by atoms with van der Waals surface area (Å²) >= 11 is 0. The molecule has 1 aliphatic rings. The standard InChI is InChI=1S/C49H66N8O14S.Eu.H2O/c1-7-69-47(62)33(3)52-44(59)31-56-21-19-54(18-17-51-72(65,66)38-13-11-37(67-5)12-14-38)20-22-57(32-45(60)53-34(4)48(63)70-8-2)26-24-55(23-25-56)30-43(58)50-29-35-9-15-39-42(27-35)71-41-16-10-36(49(64)68-6)28-40(41)46(39)61;;/h9-16,27-28,33-34,51H,7-8,17-26,29-32H2,1-6H3,(H,50,58)(H,52,59)(H,53,60);;1H2/q;+3;/t33-,34-;;/m0../s1. The van der Waals surface area contributed by atoms with Gasteiger partial charge >= 0.3 is 67.3 Å². The van der Waals surface area contributed by atoms with Gasteiger partial charge in [0.2, 0.25) is 33.2 Å². The maximum Gasteiger partial charge on any atom is 3.00 e. The van der Waals surface area contributed by atoms with Gasteiger partial charge in [0.25, 0.3) is 0 Å². The van der Waals surface area contributed by atoms with Crippen molar-refractivity contribution in [1.82, 2.24) is 40.3 Å². The monoisotopic (exact) mass is 1190 g/mol. The van der Waals surface area contributed by atoms with Crippen LogP contribution < -0.4 is 30.8 Å². The Balaban J connectivity index is 0.00000722. The van der Waals surface area contributed by atoms with E-state index < -0.39 is 51.8 Å². The van der Waals surface area contributed by atoms with E-state index in [4.69, 9.17) is 23.4 Å². The van der Waals surface area contributed by atoms with Gasteiger partial charge in [-0.25, -0.2) is 27.5 Å². The van der Waals surface area contributed by atoms with Crippen molar-refractivity contribution in [2.75, 3.05) is 113 Å². The fraction of sp³-hybridized carbons (Fsp3) is 0.490. The zero-order chi connectivity index (χ0) is 52.4. The number of rotatable bonds is 21. The second kappa shape index (κ2) is 31.2. The molecule has 1 fully saturated rings. The third-order valence-corrected chi connectivity index (χ3v) is 13.3. The van der Waals surface area contributed by atoms with E-state index in [1.54, 1.807) is 44.2 Å². The number of ether oxygens (including phenoxy) is 4. The minimum Gasteiger partial charge on any atom is -0.497 e. The molecule has 74 heavy (non-hydrogen) atoms. The zero-order valence-corrected chi connectivity index (χ0v) is 45.8. The van der Waals surface area contributed by atoms with Gasteiger partial charge in [0.1, 0.15) is 29.0 Å². The number of carbonyl (C=O) groups excluding carboxylic acids is 6. The van der Waals surface area contributed by atoms with Crippen molar-refractivity contribution < 1.29 is 115 Å². The number of fused-ring (bicyclic) bond motifs is 2. The first-order chi connectivity index (χ1) is 34.4. The fourth-order valence-electron chi connectivity index (χ4n) is 7.80. The maximum absolute atomic E-state index is 13.7. The molecule has 2 heterocycles. The third kappa shape index (κ3) is 19.3. The number of carbonyl (C=O) groups is 6. The summed E-state index contributed by atoms with van der Waals surface area (Å²) in [5, 5.41) is 8.84. The van der Waals surface area contributed by atoms with Gasteiger partial charge in [-0.3, -0.25) is 38.8 Å². The van der Waals surface area contributed by atoms with Gasteiger partial charge in [-0.05, 0) is 87.9 Å². The SMILES string of the molecule is CCOC(=O)[C@H](C)NC(=O)CN1CCN(CCNS(=O)(=O)c2ccc(OC)cc2)CCN(CC(=O)N[C@@H](C)C(=O)OCC)CCN(CC(=O)NCc2ccc3c(=O)c4cc(C(=O)OC)ccc4oc3c2)CC1.O.[Eu+3]. The van der Waals surface area contributed by atoms with Crippen molar-refractivity contribution in [2.45, 2.75) is 51.2 Å². The van der Waals surface area contributed by atoms with E-state index in [0.29, 0.717) is 74.6 Å². The maximum atomic E-state index is 13.7. The van der Waals surface area contributed by atoms with Crippen LogP contribution in [0, 0.1) is 49.4 Å². The average Bonchev–Trinajstić information content (AvgIpc) is 3.35. The molecule has 4 aromatic rings. The number of sulfonamides is 1. The number of benzene rings is 3. The van der Waals surface area contributed by atoms with Gasteiger partial charge in [-0.2, -0.15) is 0 Å². The minimum atomic E-state index is -3.88. The quantitative estimate of drug-likeness (QED) is 0.0480. The van der Waals surface area contributed by atoms with E-state index in [2.05, 4.69) is 20.7 Å². The molecule has 1 aliphatic heterocycles. The van der Waals surface area contributed by atoms with Gasteiger partial charge in [0.15, 0.2) is 0 Å². The van der Waals surface area contributed by atoms with E-state index in [0.717, 1.165) is 0 Å². The number of methoxy groups -OCH3 is 2. The van der Waals surface area contributed by atoms with Crippen LogP contribution in [0.4, 0.5) is 0 Å². The molecule has 6 N–H and O–H groups in total.